The summed E-state index contributed by atoms with van der Waals surface area (Å²) < 4.78 is 6.18. The molecule has 0 aliphatic carbocycles. The molecule has 0 aliphatic rings. The number of furan rings is 1. The van der Waals surface area contributed by atoms with Crippen LogP contribution in [0.5, 0.6) is 0 Å². The van der Waals surface area contributed by atoms with E-state index in [-0.39, 0.29) is 0 Å². The van der Waals surface area contributed by atoms with Crippen molar-refractivity contribution in [2.45, 2.75) is 0 Å². The Labute approximate surface area is 234 Å². The van der Waals surface area contributed by atoms with Crippen molar-refractivity contribution in [2.24, 2.45) is 0 Å². The Balaban J connectivity index is 1.49. The van der Waals surface area contributed by atoms with Gasteiger partial charge in [-0.3, -0.25) is 0 Å². The summed E-state index contributed by atoms with van der Waals surface area (Å²) in [5.41, 5.74) is 4.10. The molecule has 8 rings (SSSR count). The third kappa shape index (κ3) is 3.58. The van der Waals surface area contributed by atoms with E-state index >= 15 is 0 Å². The molecule has 0 atom stereocenters. The zero-order valence-corrected chi connectivity index (χ0v) is 21.9. The summed E-state index contributed by atoms with van der Waals surface area (Å²) in [6.07, 6.45) is 0. The van der Waals surface area contributed by atoms with Crippen molar-refractivity contribution in [1.82, 2.24) is 15.0 Å². The SMILES string of the molecule is Clc1ccc2oc3ccccc3c2c1-c1nc(-c2ccccc2)nc(-c2cc3ccccc3c3ccccc23)n1. The second-order valence-electron chi connectivity index (χ2n) is 9.76. The Morgan fingerprint density at radius 2 is 1.15 bits per heavy atom. The molecule has 2 aromatic heterocycles. The van der Waals surface area contributed by atoms with Gasteiger partial charge in [-0.05, 0) is 45.8 Å². The predicted molar refractivity (Wildman–Crippen MR) is 163 cm³/mol. The Bertz CT molecular complexity index is 2240. The molecular formula is C35H20ClN3O. The first-order valence-electron chi connectivity index (χ1n) is 13.1. The molecule has 0 unspecified atom stereocenters. The van der Waals surface area contributed by atoms with Gasteiger partial charge >= 0.3 is 0 Å². The number of aromatic nitrogens is 3. The summed E-state index contributed by atoms with van der Waals surface area (Å²) in [6, 6.07) is 40.7. The van der Waals surface area contributed by atoms with Crippen molar-refractivity contribution >= 4 is 55.1 Å². The van der Waals surface area contributed by atoms with Gasteiger partial charge in [0.15, 0.2) is 17.5 Å². The van der Waals surface area contributed by atoms with Crippen LogP contribution in [0.2, 0.25) is 5.02 Å². The van der Waals surface area contributed by atoms with E-state index in [2.05, 4.69) is 54.6 Å². The topological polar surface area (TPSA) is 51.8 Å². The summed E-state index contributed by atoms with van der Waals surface area (Å²) in [7, 11) is 0. The first kappa shape index (κ1) is 22.9. The molecule has 0 spiro atoms. The zero-order valence-electron chi connectivity index (χ0n) is 21.2. The third-order valence-corrected chi connectivity index (χ3v) is 7.71. The first-order chi connectivity index (χ1) is 19.7. The van der Waals surface area contributed by atoms with E-state index in [4.69, 9.17) is 31.0 Å². The summed E-state index contributed by atoms with van der Waals surface area (Å²) in [6.45, 7) is 0. The second kappa shape index (κ2) is 9.01. The Kier molecular flexibility index (Phi) is 5.15. The summed E-state index contributed by atoms with van der Waals surface area (Å²) in [5.74, 6) is 1.67. The highest BCUT2D eigenvalue weighted by Crippen LogP contribution is 2.41. The van der Waals surface area contributed by atoms with Gasteiger partial charge in [0.05, 0.1) is 5.02 Å². The highest BCUT2D eigenvalue weighted by Gasteiger charge is 2.21. The molecule has 188 valence electrons. The van der Waals surface area contributed by atoms with Gasteiger partial charge in [-0.25, -0.2) is 15.0 Å². The van der Waals surface area contributed by atoms with Crippen LogP contribution in [0, 0.1) is 0 Å². The van der Waals surface area contributed by atoms with E-state index < -0.39 is 0 Å². The number of fused-ring (bicyclic) bond motifs is 6. The van der Waals surface area contributed by atoms with Crippen molar-refractivity contribution in [2.75, 3.05) is 0 Å². The molecule has 0 radical (unpaired) electrons. The van der Waals surface area contributed by atoms with Gasteiger partial charge in [-0.1, -0.05) is 109 Å². The van der Waals surface area contributed by atoms with Gasteiger partial charge in [0.25, 0.3) is 0 Å². The fraction of sp³-hybridized carbons (Fsp3) is 0. The molecule has 40 heavy (non-hydrogen) atoms. The predicted octanol–water partition coefficient (Wildman–Crippen LogP) is 9.73. The summed E-state index contributed by atoms with van der Waals surface area (Å²) in [4.78, 5) is 15.1. The van der Waals surface area contributed by atoms with Crippen LogP contribution in [0.4, 0.5) is 0 Å². The van der Waals surface area contributed by atoms with E-state index in [1.165, 1.54) is 5.39 Å². The normalized spacial score (nSPS) is 11.6. The fourth-order valence-corrected chi connectivity index (χ4v) is 5.82. The molecule has 0 saturated heterocycles. The minimum absolute atomic E-state index is 0.503. The lowest BCUT2D eigenvalue weighted by molar-refractivity contribution is 0.669. The van der Waals surface area contributed by atoms with Crippen LogP contribution in [0.15, 0.2) is 126 Å². The lowest BCUT2D eigenvalue weighted by Crippen LogP contribution is -2.01. The molecule has 6 aromatic carbocycles. The van der Waals surface area contributed by atoms with Gasteiger partial charge in [0, 0.05) is 27.5 Å². The number of benzene rings is 6. The lowest BCUT2D eigenvalue weighted by atomic mass is 9.96. The van der Waals surface area contributed by atoms with Crippen molar-refractivity contribution in [1.29, 1.82) is 0 Å². The number of nitrogens with zero attached hydrogens (tertiary/aromatic N) is 3. The Hall–Kier alpha value is -5.06. The average Bonchev–Trinajstić information content (AvgIpc) is 3.39. The highest BCUT2D eigenvalue weighted by atomic mass is 35.5. The lowest BCUT2D eigenvalue weighted by Gasteiger charge is -2.13. The molecule has 4 nitrogen and oxygen atoms in total. The maximum absolute atomic E-state index is 6.92. The molecule has 0 fully saturated rings. The number of hydrogen-bond acceptors (Lipinski definition) is 4. The van der Waals surface area contributed by atoms with Crippen LogP contribution >= 0.6 is 11.6 Å². The van der Waals surface area contributed by atoms with Crippen LogP contribution in [0.25, 0.3) is 77.6 Å². The molecule has 0 bridgehead atoms. The van der Waals surface area contributed by atoms with Crippen LogP contribution in [-0.2, 0) is 0 Å². The zero-order chi connectivity index (χ0) is 26.6. The van der Waals surface area contributed by atoms with Crippen molar-refractivity contribution < 1.29 is 4.42 Å². The van der Waals surface area contributed by atoms with Crippen molar-refractivity contribution in [3.63, 3.8) is 0 Å². The number of para-hydroxylation sites is 1. The van der Waals surface area contributed by atoms with Gasteiger partial charge in [-0.15, -0.1) is 0 Å². The van der Waals surface area contributed by atoms with Gasteiger partial charge in [0.1, 0.15) is 11.2 Å². The standard InChI is InChI=1S/C35H20ClN3O/c36-28-18-19-30-31(26-16-8-9-17-29(26)40-30)32(28)35-38-33(21-10-2-1-3-11-21)37-34(39-35)27-20-22-12-4-5-13-23(22)24-14-6-7-15-25(24)27/h1-20H. The maximum atomic E-state index is 6.92. The van der Waals surface area contributed by atoms with Crippen LogP contribution < -0.4 is 0 Å². The molecule has 5 heteroatoms. The highest BCUT2D eigenvalue weighted by molar-refractivity contribution is 6.35. The van der Waals surface area contributed by atoms with E-state index in [1.54, 1.807) is 0 Å². The third-order valence-electron chi connectivity index (χ3n) is 7.39. The molecule has 0 N–H and O–H groups in total. The number of rotatable bonds is 3. The molecule has 0 aliphatic heterocycles. The minimum atomic E-state index is 0.503. The average molecular weight is 534 g/mol. The number of hydrogen-bond donors (Lipinski definition) is 0. The van der Waals surface area contributed by atoms with E-state index in [9.17, 15) is 0 Å². The Morgan fingerprint density at radius 3 is 2.00 bits per heavy atom. The molecule has 0 saturated carbocycles. The van der Waals surface area contributed by atoms with Crippen LogP contribution in [-0.4, -0.2) is 15.0 Å². The minimum Gasteiger partial charge on any atom is -0.456 e. The van der Waals surface area contributed by atoms with E-state index in [0.717, 1.165) is 54.8 Å². The maximum Gasteiger partial charge on any atom is 0.166 e. The smallest absolute Gasteiger partial charge is 0.166 e. The fourth-order valence-electron chi connectivity index (χ4n) is 5.57. The molecule has 2 heterocycles. The van der Waals surface area contributed by atoms with E-state index in [1.807, 2.05) is 66.7 Å². The first-order valence-corrected chi connectivity index (χ1v) is 13.4. The molecule has 0 amide bonds. The quantitative estimate of drug-likeness (QED) is 0.212. The van der Waals surface area contributed by atoms with Gasteiger partial charge in [-0.2, -0.15) is 0 Å². The Morgan fingerprint density at radius 1 is 0.500 bits per heavy atom. The largest absolute Gasteiger partial charge is 0.456 e. The van der Waals surface area contributed by atoms with E-state index in [0.29, 0.717) is 22.5 Å². The van der Waals surface area contributed by atoms with Crippen molar-refractivity contribution in [3.8, 4) is 34.2 Å². The number of halogens is 1. The van der Waals surface area contributed by atoms with Crippen LogP contribution in [0.1, 0.15) is 0 Å². The molecular weight excluding hydrogens is 514 g/mol. The molecule has 8 aromatic rings. The van der Waals surface area contributed by atoms with Gasteiger partial charge < -0.3 is 4.42 Å². The van der Waals surface area contributed by atoms with Crippen molar-refractivity contribution in [3.05, 3.63) is 126 Å². The van der Waals surface area contributed by atoms with Gasteiger partial charge in [0.2, 0.25) is 0 Å². The monoisotopic (exact) mass is 533 g/mol. The summed E-state index contributed by atoms with van der Waals surface area (Å²) in [5, 5.41) is 6.96. The van der Waals surface area contributed by atoms with Crippen LogP contribution in [0.3, 0.4) is 0 Å². The summed E-state index contributed by atoms with van der Waals surface area (Å²) >= 11 is 6.92. The second-order valence-corrected chi connectivity index (χ2v) is 10.2.